The molecule has 1 aromatic rings. The van der Waals surface area contributed by atoms with E-state index in [0.717, 1.165) is 25.1 Å². The second-order valence-electron chi connectivity index (χ2n) is 4.84. The van der Waals surface area contributed by atoms with E-state index in [9.17, 15) is 4.79 Å². The third-order valence-corrected chi connectivity index (χ3v) is 2.69. The molecule has 1 rings (SSSR count). The monoisotopic (exact) mass is 249 g/mol. The predicted molar refractivity (Wildman–Crippen MR) is 75.0 cm³/mol. The standard InChI is InChI=1S/C14H23N3O/c1-5-6-7-17(4)13-8-12(9-15-10-13)14(18)16-11(2)3/h8-11H,5-7H2,1-4H3,(H,16,18). The van der Waals surface area contributed by atoms with Gasteiger partial charge in [0, 0.05) is 25.8 Å². The molecule has 0 aliphatic heterocycles. The first-order valence-corrected chi connectivity index (χ1v) is 6.51. The van der Waals surface area contributed by atoms with Gasteiger partial charge in [0.15, 0.2) is 0 Å². The molecule has 0 saturated carbocycles. The van der Waals surface area contributed by atoms with Crippen molar-refractivity contribution >= 4 is 11.6 Å². The van der Waals surface area contributed by atoms with Crippen molar-refractivity contribution in [3.8, 4) is 0 Å². The van der Waals surface area contributed by atoms with Gasteiger partial charge in [-0.25, -0.2) is 0 Å². The van der Waals surface area contributed by atoms with E-state index in [1.54, 1.807) is 12.4 Å². The number of carbonyl (C=O) groups is 1. The van der Waals surface area contributed by atoms with Gasteiger partial charge in [0.05, 0.1) is 17.4 Å². The van der Waals surface area contributed by atoms with Crippen molar-refractivity contribution in [1.82, 2.24) is 10.3 Å². The fourth-order valence-electron chi connectivity index (χ4n) is 1.63. The summed E-state index contributed by atoms with van der Waals surface area (Å²) in [5, 5.41) is 2.87. The topological polar surface area (TPSA) is 45.2 Å². The van der Waals surface area contributed by atoms with Gasteiger partial charge in [-0.3, -0.25) is 9.78 Å². The summed E-state index contributed by atoms with van der Waals surface area (Å²) >= 11 is 0. The smallest absolute Gasteiger partial charge is 0.253 e. The molecule has 1 aromatic heterocycles. The van der Waals surface area contributed by atoms with Crippen LogP contribution in [0.3, 0.4) is 0 Å². The minimum absolute atomic E-state index is 0.0664. The highest BCUT2D eigenvalue weighted by Crippen LogP contribution is 2.13. The van der Waals surface area contributed by atoms with Crippen molar-refractivity contribution in [2.45, 2.75) is 39.7 Å². The van der Waals surface area contributed by atoms with E-state index in [0.29, 0.717) is 5.56 Å². The number of hydrogen-bond acceptors (Lipinski definition) is 3. The maximum absolute atomic E-state index is 11.9. The van der Waals surface area contributed by atoms with Crippen molar-refractivity contribution < 1.29 is 4.79 Å². The Bertz CT molecular complexity index is 390. The summed E-state index contributed by atoms with van der Waals surface area (Å²) in [6, 6.07) is 2.03. The quantitative estimate of drug-likeness (QED) is 0.842. The third-order valence-electron chi connectivity index (χ3n) is 2.69. The van der Waals surface area contributed by atoms with Crippen LogP contribution in [0.15, 0.2) is 18.5 Å². The zero-order valence-electron chi connectivity index (χ0n) is 11.7. The van der Waals surface area contributed by atoms with Crippen LogP contribution in [0, 0.1) is 0 Å². The van der Waals surface area contributed by atoms with E-state index in [4.69, 9.17) is 0 Å². The highest BCUT2D eigenvalue weighted by molar-refractivity contribution is 5.94. The predicted octanol–water partition coefficient (Wildman–Crippen LogP) is 2.46. The second kappa shape index (κ2) is 6.99. The van der Waals surface area contributed by atoms with Gasteiger partial charge in [-0.1, -0.05) is 13.3 Å². The van der Waals surface area contributed by atoms with E-state index in [1.807, 2.05) is 27.0 Å². The summed E-state index contributed by atoms with van der Waals surface area (Å²) in [6.45, 7) is 7.04. The van der Waals surface area contributed by atoms with Gasteiger partial charge >= 0.3 is 0 Å². The summed E-state index contributed by atoms with van der Waals surface area (Å²) < 4.78 is 0. The maximum atomic E-state index is 11.9. The lowest BCUT2D eigenvalue weighted by atomic mass is 10.2. The zero-order valence-corrected chi connectivity index (χ0v) is 11.7. The second-order valence-corrected chi connectivity index (χ2v) is 4.84. The minimum Gasteiger partial charge on any atom is -0.373 e. The summed E-state index contributed by atoms with van der Waals surface area (Å²) in [5.74, 6) is -0.0664. The Labute approximate surface area is 109 Å². The van der Waals surface area contributed by atoms with Crippen LogP contribution in [-0.2, 0) is 0 Å². The highest BCUT2D eigenvalue weighted by atomic mass is 16.1. The number of nitrogens with zero attached hydrogens (tertiary/aromatic N) is 2. The lowest BCUT2D eigenvalue weighted by Gasteiger charge is -2.19. The third kappa shape index (κ3) is 4.35. The number of pyridine rings is 1. The Morgan fingerprint density at radius 1 is 1.44 bits per heavy atom. The molecule has 0 aliphatic carbocycles. The molecule has 0 unspecified atom stereocenters. The summed E-state index contributed by atoms with van der Waals surface area (Å²) in [7, 11) is 2.02. The lowest BCUT2D eigenvalue weighted by Crippen LogP contribution is -2.30. The van der Waals surface area contributed by atoms with E-state index in [1.165, 1.54) is 0 Å². The number of anilines is 1. The van der Waals surface area contributed by atoms with E-state index in [2.05, 4.69) is 22.1 Å². The van der Waals surface area contributed by atoms with Crippen LogP contribution >= 0.6 is 0 Å². The first-order valence-electron chi connectivity index (χ1n) is 6.51. The normalized spacial score (nSPS) is 10.5. The van der Waals surface area contributed by atoms with Crippen LogP contribution in [0.2, 0.25) is 0 Å². The minimum atomic E-state index is -0.0664. The first-order chi connectivity index (χ1) is 8.54. The highest BCUT2D eigenvalue weighted by Gasteiger charge is 2.09. The molecule has 0 saturated heterocycles. The van der Waals surface area contributed by atoms with Crippen LogP contribution in [0.5, 0.6) is 0 Å². The average Bonchev–Trinajstić information content (AvgIpc) is 2.35. The fraction of sp³-hybridized carbons (Fsp3) is 0.571. The number of amides is 1. The van der Waals surface area contributed by atoms with Crippen LogP contribution in [0.25, 0.3) is 0 Å². The van der Waals surface area contributed by atoms with Gasteiger partial charge in [0.25, 0.3) is 5.91 Å². The van der Waals surface area contributed by atoms with Crippen molar-refractivity contribution in [3.63, 3.8) is 0 Å². The molecule has 4 nitrogen and oxygen atoms in total. The van der Waals surface area contributed by atoms with Gasteiger partial charge < -0.3 is 10.2 Å². The van der Waals surface area contributed by atoms with E-state index >= 15 is 0 Å². The number of rotatable bonds is 6. The number of hydrogen-bond donors (Lipinski definition) is 1. The molecule has 18 heavy (non-hydrogen) atoms. The van der Waals surface area contributed by atoms with Crippen molar-refractivity contribution in [2.75, 3.05) is 18.5 Å². The van der Waals surface area contributed by atoms with Gasteiger partial charge in [0.2, 0.25) is 0 Å². The van der Waals surface area contributed by atoms with Gasteiger partial charge in [-0.15, -0.1) is 0 Å². The molecule has 0 spiro atoms. The molecule has 0 fully saturated rings. The number of nitrogens with one attached hydrogen (secondary N) is 1. The van der Waals surface area contributed by atoms with Crippen LogP contribution < -0.4 is 10.2 Å². The fourth-order valence-corrected chi connectivity index (χ4v) is 1.63. The Hall–Kier alpha value is -1.58. The Kier molecular flexibility index (Phi) is 5.62. The molecule has 0 radical (unpaired) electrons. The zero-order chi connectivity index (χ0) is 13.5. The first kappa shape index (κ1) is 14.5. The lowest BCUT2D eigenvalue weighted by molar-refractivity contribution is 0.0943. The summed E-state index contributed by atoms with van der Waals surface area (Å²) in [4.78, 5) is 18.1. The van der Waals surface area contributed by atoms with E-state index < -0.39 is 0 Å². The molecule has 4 heteroatoms. The molecule has 0 aliphatic rings. The molecule has 1 N–H and O–H groups in total. The largest absolute Gasteiger partial charge is 0.373 e. The van der Waals surface area contributed by atoms with Gasteiger partial charge in [-0.05, 0) is 26.3 Å². The number of carbonyl (C=O) groups excluding carboxylic acids is 1. The average molecular weight is 249 g/mol. The van der Waals surface area contributed by atoms with Crippen molar-refractivity contribution in [2.24, 2.45) is 0 Å². The summed E-state index contributed by atoms with van der Waals surface area (Å²) in [5.41, 5.74) is 1.60. The number of unbranched alkanes of at least 4 members (excludes halogenated alkanes) is 1. The maximum Gasteiger partial charge on any atom is 0.253 e. The molecule has 1 heterocycles. The SMILES string of the molecule is CCCCN(C)c1cncc(C(=O)NC(C)C)c1. The van der Waals surface area contributed by atoms with Crippen LogP contribution in [0.1, 0.15) is 44.0 Å². The van der Waals surface area contributed by atoms with Gasteiger partial charge in [0.1, 0.15) is 0 Å². The Balaban J connectivity index is 2.75. The molecule has 1 amide bonds. The summed E-state index contributed by atoms with van der Waals surface area (Å²) in [6.07, 6.45) is 5.70. The van der Waals surface area contributed by atoms with E-state index in [-0.39, 0.29) is 11.9 Å². The molecular formula is C14H23N3O. The van der Waals surface area contributed by atoms with Gasteiger partial charge in [-0.2, -0.15) is 0 Å². The molecular weight excluding hydrogens is 226 g/mol. The molecule has 0 atom stereocenters. The molecule has 100 valence electrons. The van der Waals surface area contributed by atoms with Crippen molar-refractivity contribution in [1.29, 1.82) is 0 Å². The van der Waals surface area contributed by atoms with Crippen LogP contribution in [0.4, 0.5) is 5.69 Å². The Morgan fingerprint density at radius 3 is 2.78 bits per heavy atom. The Morgan fingerprint density at radius 2 is 2.17 bits per heavy atom. The van der Waals surface area contributed by atoms with Crippen LogP contribution in [-0.4, -0.2) is 30.5 Å². The molecule has 0 aromatic carbocycles. The number of aromatic nitrogens is 1. The van der Waals surface area contributed by atoms with Crippen molar-refractivity contribution in [3.05, 3.63) is 24.0 Å². The molecule has 0 bridgehead atoms.